The van der Waals surface area contributed by atoms with E-state index in [1.54, 1.807) is 12.3 Å². The predicted molar refractivity (Wildman–Crippen MR) is 130 cm³/mol. The van der Waals surface area contributed by atoms with E-state index in [0.717, 1.165) is 16.6 Å². The van der Waals surface area contributed by atoms with Crippen molar-refractivity contribution in [2.45, 2.75) is 0 Å². The molecule has 0 aliphatic carbocycles. The molecule has 2 aromatic carbocycles. The molecule has 6 nitrogen and oxygen atoms in total. The van der Waals surface area contributed by atoms with Crippen LogP contribution in [0.3, 0.4) is 0 Å². The second-order valence-corrected chi connectivity index (χ2v) is 8.33. The van der Waals surface area contributed by atoms with Crippen molar-refractivity contribution in [1.82, 2.24) is 19.7 Å². The molecule has 0 fully saturated rings. The summed E-state index contributed by atoms with van der Waals surface area (Å²) in [5, 5.41) is 4.72. The summed E-state index contributed by atoms with van der Waals surface area (Å²) >= 11 is 3.55. The van der Waals surface area contributed by atoms with Crippen molar-refractivity contribution in [2.24, 2.45) is 0 Å². The first-order valence-corrected chi connectivity index (χ1v) is 11.0. The van der Waals surface area contributed by atoms with Crippen LogP contribution in [0.1, 0.15) is 0 Å². The van der Waals surface area contributed by atoms with Crippen molar-refractivity contribution >= 4 is 15.9 Å². The second-order valence-electron chi connectivity index (χ2n) is 7.47. The van der Waals surface area contributed by atoms with E-state index in [1.165, 1.54) is 4.68 Å². The van der Waals surface area contributed by atoms with Crippen LogP contribution in [0.15, 0.2) is 88.3 Å². The Morgan fingerprint density at radius 2 is 1.69 bits per heavy atom. The van der Waals surface area contributed by atoms with Gasteiger partial charge in [0, 0.05) is 22.8 Å². The Morgan fingerprint density at radius 3 is 2.44 bits per heavy atom. The van der Waals surface area contributed by atoms with Gasteiger partial charge in [-0.1, -0.05) is 30.3 Å². The number of ether oxygens (including phenoxy) is 1. The number of aromatic nitrogens is 3. The van der Waals surface area contributed by atoms with E-state index >= 15 is 0 Å². The van der Waals surface area contributed by atoms with Crippen LogP contribution in [0.25, 0.3) is 28.2 Å². The van der Waals surface area contributed by atoms with Gasteiger partial charge in [-0.15, -0.1) is 0 Å². The van der Waals surface area contributed by atoms with Crippen LogP contribution in [0.5, 0.6) is 5.75 Å². The van der Waals surface area contributed by atoms with Crippen LogP contribution in [0, 0.1) is 0 Å². The van der Waals surface area contributed by atoms with Crippen LogP contribution in [-0.4, -0.2) is 46.9 Å². The summed E-state index contributed by atoms with van der Waals surface area (Å²) in [5.74, 6) is 0.714. The quantitative estimate of drug-likeness (QED) is 0.376. The molecule has 7 heteroatoms. The Bertz CT molecular complexity index is 1270. The average Bonchev–Trinajstić information content (AvgIpc) is 2.80. The van der Waals surface area contributed by atoms with Crippen molar-refractivity contribution in [1.29, 1.82) is 0 Å². The fourth-order valence-corrected chi connectivity index (χ4v) is 3.71. The van der Waals surface area contributed by atoms with E-state index in [1.807, 2.05) is 80.8 Å². The minimum absolute atomic E-state index is 0.245. The molecule has 0 radical (unpaired) electrons. The maximum absolute atomic E-state index is 13.4. The maximum atomic E-state index is 13.4. The van der Waals surface area contributed by atoms with Gasteiger partial charge in [0.15, 0.2) is 0 Å². The van der Waals surface area contributed by atoms with Gasteiger partial charge in [0.05, 0.1) is 22.6 Å². The molecule has 0 N–H and O–H groups in total. The molecular weight excluding hydrogens is 468 g/mol. The molecule has 2 aromatic heterocycles. The van der Waals surface area contributed by atoms with E-state index in [4.69, 9.17) is 9.84 Å². The molecule has 0 unspecified atom stereocenters. The highest BCUT2D eigenvalue weighted by Crippen LogP contribution is 2.30. The number of likely N-dealkylation sites (N-methyl/N-ethyl adjacent to an activating group) is 1. The number of halogens is 1. The Labute approximate surface area is 195 Å². The van der Waals surface area contributed by atoms with Crippen LogP contribution in [0.2, 0.25) is 0 Å². The zero-order valence-electron chi connectivity index (χ0n) is 17.9. The molecule has 0 amide bonds. The molecule has 4 aromatic rings. The lowest BCUT2D eigenvalue weighted by molar-refractivity contribution is 0.262. The summed E-state index contributed by atoms with van der Waals surface area (Å²) in [5.41, 5.74) is 2.90. The molecule has 0 atom stereocenters. The number of nitrogens with zero attached hydrogens (tertiary/aromatic N) is 4. The standard InChI is InChI=1S/C25H23BrN4O2/c1-29(2)15-16-32-24-13-6-3-9-18(24)22-17-19(21-11-7-8-14-27-21)25(31)30(28-22)23-12-5-4-10-20(23)26/h3-14,17H,15-16H2,1-2H3. The first kappa shape index (κ1) is 21.9. The first-order chi connectivity index (χ1) is 15.5. The smallest absolute Gasteiger partial charge is 0.281 e. The van der Waals surface area contributed by atoms with Gasteiger partial charge in [-0.05, 0) is 72.5 Å². The number of hydrogen-bond acceptors (Lipinski definition) is 5. The van der Waals surface area contributed by atoms with Gasteiger partial charge in [0.2, 0.25) is 0 Å². The Hall–Kier alpha value is -3.29. The minimum Gasteiger partial charge on any atom is -0.492 e. The largest absolute Gasteiger partial charge is 0.492 e. The fourth-order valence-electron chi connectivity index (χ4n) is 3.26. The Morgan fingerprint density at radius 1 is 0.938 bits per heavy atom. The summed E-state index contributed by atoms with van der Waals surface area (Å²) in [6.45, 7) is 1.33. The zero-order chi connectivity index (χ0) is 22.5. The number of para-hydroxylation sites is 2. The number of benzene rings is 2. The molecular formula is C25H23BrN4O2. The van der Waals surface area contributed by atoms with Crippen LogP contribution < -0.4 is 10.3 Å². The first-order valence-electron chi connectivity index (χ1n) is 10.2. The van der Waals surface area contributed by atoms with Crippen molar-refractivity contribution in [3.05, 3.63) is 93.8 Å². The highest BCUT2D eigenvalue weighted by Gasteiger charge is 2.17. The summed E-state index contributed by atoms with van der Waals surface area (Å²) in [4.78, 5) is 19.9. The summed E-state index contributed by atoms with van der Waals surface area (Å²) < 4.78 is 8.24. The van der Waals surface area contributed by atoms with Crippen LogP contribution in [-0.2, 0) is 0 Å². The van der Waals surface area contributed by atoms with E-state index < -0.39 is 0 Å². The zero-order valence-corrected chi connectivity index (χ0v) is 19.5. The summed E-state index contributed by atoms with van der Waals surface area (Å²) in [6.07, 6.45) is 1.68. The lowest BCUT2D eigenvalue weighted by Gasteiger charge is -2.16. The van der Waals surface area contributed by atoms with Gasteiger partial charge in [0.1, 0.15) is 12.4 Å². The van der Waals surface area contributed by atoms with Crippen molar-refractivity contribution in [3.8, 4) is 34.0 Å². The monoisotopic (exact) mass is 490 g/mol. The van der Waals surface area contributed by atoms with Gasteiger partial charge in [-0.25, -0.2) is 0 Å². The molecule has 4 rings (SSSR count). The van der Waals surface area contributed by atoms with Gasteiger partial charge < -0.3 is 9.64 Å². The lowest BCUT2D eigenvalue weighted by Crippen LogP contribution is -2.24. The number of rotatable bonds is 7. The third kappa shape index (κ3) is 4.79. The van der Waals surface area contributed by atoms with E-state index in [2.05, 4.69) is 25.8 Å². The van der Waals surface area contributed by atoms with Crippen molar-refractivity contribution in [3.63, 3.8) is 0 Å². The van der Waals surface area contributed by atoms with Crippen molar-refractivity contribution in [2.75, 3.05) is 27.2 Å². The van der Waals surface area contributed by atoms with E-state index in [-0.39, 0.29) is 5.56 Å². The molecule has 0 spiro atoms. The number of pyridine rings is 1. The SMILES string of the molecule is CN(C)CCOc1ccccc1-c1cc(-c2ccccn2)c(=O)n(-c2ccccc2Br)n1. The molecule has 0 aliphatic heterocycles. The molecule has 0 saturated carbocycles. The highest BCUT2D eigenvalue weighted by molar-refractivity contribution is 9.10. The topological polar surface area (TPSA) is 60.2 Å². The second kappa shape index (κ2) is 9.89. The molecule has 2 heterocycles. The van der Waals surface area contributed by atoms with E-state index in [0.29, 0.717) is 35.0 Å². The highest BCUT2D eigenvalue weighted by atomic mass is 79.9. The molecule has 0 aliphatic rings. The number of hydrogen-bond donors (Lipinski definition) is 0. The van der Waals surface area contributed by atoms with Gasteiger partial charge in [-0.2, -0.15) is 9.78 Å². The van der Waals surface area contributed by atoms with Gasteiger partial charge >= 0.3 is 0 Å². The third-order valence-corrected chi connectivity index (χ3v) is 5.56. The van der Waals surface area contributed by atoms with Crippen molar-refractivity contribution < 1.29 is 4.74 Å². The van der Waals surface area contributed by atoms with Crippen LogP contribution >= 0.6 is 15.9 Å². The van der Waals surface area contributed by atoms with Gasteiger partial charge in [-0.3, -0.25) is 9.78 Å². The lowest BCUT2D eigenvalue weighted by atomic mass is 10.1. The normalized spacial score (nSPS) is 11.0. The Balaban J connectivity index is 1.90. The predicted octanol–water partition coefficient (Wildman–Crippen LogP) is 4.66. The maximum Gasteiger partial charge on any atom is 0.281 e. The van der Waals surface area contributed by atoms with E-state index in [9.17, 15) is 4.79 Å². The molecule has 0 saturated heterocycles. The summed E-state index contributed by atoms with van der Waals surface area (Å²) in [7, 11) is 4.01. The Kier molecular flexibility index (Phi) is 6.78. The van der Waals surface area contributed by atoms with Gasteiger partial charge in [0.25, 0.3) is 5.56 Å². The third-order valence-electron chi connectivity index (χ3n) is 4.89. The summed E-state index contributed by atoms with van der Waals surface area (Å²) in [6, 6.07) is 22.5. The van der Waals surface area contributed by atoms with Crippen LogP contribution in [0.4, 0.5) is 0 Å². The fraction of sp³-hybridized carbons (Fsp3) is 0.160. The average molecular weight is 491 g/mol. The molecule has 32 heavy (non-hydrogen) atoms. The molecule has 162 valence electrons. The molecule has 0 bridgehead atoms. The minimum atomic E-state index is -0.245.